The molecule has 0 atom stereocenters. The first-order valence-corrected chi connectivity index (χ1v) is 6.51. The van der Waals surface area contributed by atoms with E-state index in [4.69, 9.17) is 0 Å². The SMILES string of the molecule is C[C](=[W])/C(C)=C(/C)C1=CCCCC=N1. The van der Waals surface area contributed by atoms with Crippen LogP contribution in [0.25, 0.3) is 0 Å². The summed E-state index contributed by atoms with van der Waals surface area (Å²) in [6.07, 6.45) is 7.83. The van der Waals surface area contributed by atoms with Crippen molar-refractivity contribution < 1.29 is 19.4 Å². The Labute approximate surface area is 97.4 Å². The van der Waals surface area contributed by atoms with Gasteiger partial charge in [-0.15, -0.1) is 0 Å². The molecule has 1 aliphatic heterocycles. The second-order valence-electron chi connectivity index (χ2n) is 3.64. The van der Waals surface area contributed by atoms with Crippen molar-refractivity contribution in [3.63, 3.8) is 0 Å². The summed E-state index contributed by atoms with van der Waals surface area (Å²) in [5, 5.41) is 0. The van der Waals surface area contributed by atoms with Gasteiger partial charge in [-0.3, -0.25) is 0 Å². The first-order valence-electron chi connectivity index (χ1n) is 5.04. The molecule has 14 heavy (non-hydrogen) atoms. The van der Waals surface area contributed by atoms with Gasteiger partial charge in [-0.25, -0.2) is 0 Å². The number of aliphatic imine (C=N–C) groups is 1. The van der Waals surface area contributed by atoms with Crippen LogP contribution in [0.3, 0.4) is 0 Å². The van der Waals surface area contributed by atoms with Gasteiger partial charge in [-0.1, -0.05) is 0 Å². The van der Waals surface area contributed by atoms with Crippen molar-refractivity contribution in [3.8, 4) is 0 Å². The molecule has 0 N–H and O–H groups in total. The third-order valence-electron chi connectivity index (χ3n) is 2.58. The van der Waals surface area contributed by atoms with E-state index in [1.54, 1.807) is 19.4 Å². The van der Waals surface area contributed by atoms with Crippen molar-refractivity contribution in [3.05, 3.63) is 22.9 Å². The molecule has 0 aromatic heterocycles. The van der Waals surface area contributed by atoms with E-state index >= 15 is 0 Å². The Bertz CT molecular complexity index is 321. The third-order valence-corrected chi connectivity index (χ3v) is 3.68. The van der Waals surface area contributed by atoms with Crippen LogP contribution in [0.4, 0.5) is 0 Å². The monoisotopic (exact) mass is 359 g/mol. The van der Waals surface area contributed by atoms with E-state index in [1.165, 1.54) is 27.2 Å². The van der Waals surface area contributed by atoms with Gasteiger partial charge in [0.25, 0.3) is 0 Å². The zero-order valence-electron chi connectivity index (χ0n) is 9.13. The predicted molar refractivity (Wildman–Crippen MR) is 59.5 cm³/mol. The van der Waals surface area contributed by atoms with Gasteiger partial charge in [-0.05, 0) is 0 Å². The molecule has 0 bridgehead atoms. The van der Waals surface area contributed by atoms with E-state index < -0.39 is 0 Å². The van der Waals surface area contributed by atoms with E-state index in [9.17, 15) is 0 Å². The summed E-state index contributed by atoms with van der Waals surface area (Å²) in [6.45, 7) is 6.56. The number of hydrogen-bond donors (Lipinski definition) is 0. The van der Waals surface area contributed by atoms with Crippen LogP contribution in [0.15, 0.2) is 27.9 Å². The van der Waals surface area contributed by atoms with Crippen molar-refractivity contribution in [2.75, 3.05) is 0 Å². The number of nitrogens with zero attached hydrogens (tertiary/aromatic N) is 1. The minimum absolute atomic E-state index is 1.12. The first-order chi connectivity index (χ1) is 6.63. The normalized spacial score (nSPS) is 18.4. The first kappa shape index (κ1) is 11.8. The Morgan fingerprint density at radius 1 is 1.29 bits per heavy atom. The molecular weight excluding hydrogens is 342 g/mol. The van der Waals surface area contributed by atoms with Crippen LogP contribution in [0, 0.1) is 0 Å². The van der Waals surface area contributed by atoms with Crippen molar-refractivity contribution in [1.29, 1.82) is 0 Å². The molecule has 0 amide bonds. The maximum absolute atomic E-state index is 4.50. The quantitative estimate of drug-likeness (QED) is 0.718. The van der Waals surface area contributed by atoms with E-state index in [-0.39, 0.29) is 0 Å². The van der Waals surface area contributed by atoms with Crippen molar-refractivity contribution >= 4 is 10.1 Å². The molecule has 0 spiro atoms. The molecule has 0 radical (unpaired) electrons. The zero-order chi connectivity index (χ0) is 10.6. The van der Waals surface area contributed by atoms with E-state index in [0.29, 0.717) is 0 Å². The van der Waals surface area contributed by atoms with Crippen LogP contribution in [-0.2, 0) is 19.4 Å². The average molecular weight is 359 g/mol. The van der Waals surface area contributed by atoms with Crippen LogP contribution in [0.1, 0.15) is 40.0 Å². The van der Waals surface area contributed by atoms with Crippen LogP contribution in [0.2, 0.25) is 0 Å². The summed E-state index contributed by atoms with van der Waals surface area (Å²) in [4.78, 5) is 4.50. The van der Waals surface area contributed by atoms with Crippen LogP contribution < -0.4 is 0 Å². The maximum atomic E-state index is 4.50. The zero-order valence-corrected chi connectivity index (χ0v) is 12.1. The van der Waals surface area contributed by atoms with Gasteiger partial charge in [0, 0.05) is 0 Å². The molecule has 1 nitrogen and oxygen atoms in total. The van der Waals surface area contributed by atoms with Crippen molar-refractivity contribution in [1.82, 2.24) is 0 Å². The standard InChI is InChI=1S/C12H17N.W/c1-4-10(2)11(3)12-8-6-5-7-9-13-12;/h8-9H,5-7H2,1-3H3;/b11-10-;. The van der Waals surface area contributed by atoms with Crippen LogP contribution in [0.5, 0.6) is 0 Å². The van der Waals surface area contributed by atoms with Gasteiger partial charge in [0.05, 0.1) is 0 Å². The Morgan fingerprint density at radius 3 is 2.64 bits per heavy atom. The Morgan fingerprint density at radius 2 is 2.00 bits per heavy atom. The summed E-state index contributed by atoms with van der Waals surface area (Å²) in [7, 11) is 0. The Kier molecular flexibility index (Phi) is 4.68. The molecule has 0 saturated heterocycles. The summed E-state index contributed by atoms with van der Waals surface area (Å²) in [6, 6.07) is 0. The third kappa shape index (κ3) is 3.13. The van der Waals surface area contributed by atoms with Crippen molar-refractivity contribution in [2.24, 2.45) is 4.99 Å². The minimum atomic E-state index is 1.12. The van der Waals surface area contributed by atoms with Crippen LogP contribution in [-0.4, -0.2) is 10.1 Å². The number of hydrogen-bond acceptors (Lipinski definition) is 1. The van der Waals surface area contributed by atoms with Gasteiger partial charge in [-0.2, -0.15) is 0 Å². The summed E-state index contributed by atoms with van der Waals surface area (Å²) < 4.78 is 1.46. The fraction of sp³-hybridized carbons (Fsp3) is 0.500. The van der Waals surface area contributed by atoms with E-state index in [0.717, 1.165) is 12.8 Å². The number of rotatable bonds is 2. The molecule has 2 heteroatoms. The fourth-order valence-corrected chi connectivity index (χ4v) is 1.92. The number of allylic oxidation sites excluding steroid dienone is 3. The summed E-state index contributed by atoms with van der Waals surface area (Å²) in [5.74, 6) is 0. The molecular formula is C12H17NW. The van der Waals surface area contributed by atoms with E-state index in [2.05, 4.69) is 31.8 Å². The van der Waals surface area contributed by atoms with Gasteiger partial charge < -0.3 is 0 Å². The molecule has 0 saturated carbocycles. The molecule has 0 aliphatic carbocycles. The van der Waals surface area contributed by atoms with E-state index in [1.807, 2.05) is 6.21 Å². The fourth-order valence-electron chi connectivity index (χ4n) is 1.37. The van der Waals surface area contributed by atoms with Crippen LogP contribution >= 0.6 is 0 Å². The summed E-state index contributed by atoms with van der Waals surface area (Å²) in [5.41, 5.74) is 3.93. The Balaban J connectivity index is 2.97. The molecule has 0 aromatic carbocycles. The topological polar surface area (TPSA) is 12.4 Å². The molecule has 0 aromatic rings. The molecule has 1 aliphatic rings. The molecule has 1 heterocycles. The van der Waals surface area contributed by atoms with Gasteiger partial charge in [0.15, 0.2) is 0 Å². The predicted octanol–water partition coefficient (Wildman–Crippen LogP) is 3.20. The second kappa shape index (κ2) is 5.56. The molecule has 1 rings (SSSR count). The van der Waals surface area contributed by atoms with Gasteiger partial charge in [0.1, 0.15) is 0 Å². The van der Waals surface area contributed by atoms with Gasteiger partial charge >= 0.3 is 97.4 Å². The molecule has 76 valence electrons. The Hall–Kier alpha value is -0.292. The average Bonchev–Trinajstić information content (AvgIpc) is 2.43. The second-order valence-corrected chi connectivity index (χ2v) is 5.84. The van der Waals surface area contributed by atoms with Gasteiger partial charge in [0.2, 0.25) is 0 Å². The summed E-state index contributed by atoms with van der Waals surface area (Å²) >= 11 is 1.55. The molecule has 0 unspecified atom stereocenters. The van der Waals surface area contributed by atoms with Crippen molar-refractivity contribution in [2.45, 2.75) is 40.0 Å². The molecule has 0 fully saturated rings.